The molecule has 1 nitrogen and oxygen atoms in total. The highest BCUT2D eigenvalue weighted by Gasteiger charge is 1.75. The van der Waals surface area contributed by atoms with E-state index < -0.39 is 6.50 Å². The molecule has 0 aromatic carbocycles. The summed E-state index contributed by atoms with van der Waals surface area (Å²) >= 11 is 0. The first-order valence-electron chi connectivity index (χ1n) is 3.24. The fraction of sp³-hybridized carbons (Fsp3) is 0.333. The SMILES string of the molecule is [2H]C([2H])(C)n1cccc1. The maximum Gasteiger partial charge on any atom is 0.0494 e. The number of hydrogen-bond acceptors (Lipinski definition) is 0. The molecule has 0 atom stereocenters. The van der Waals surface area contributed by atoms with Crippen LogP contribution < -0.4 is 0 Å². The van der Waals surface area contributed by atoms with Crippen LogP contribution in [0.2, 0.25) is 0 Å². The van der Waals surface area contributed by atoms with Crippen molar-refractivity contribution in [1.29, 1.82) is 0 Å². The van der Waals surface area contributed by atoms with Crippen LogP contribution >= 0.6 is 0 Å². The van der Waals surface area contributed by atoms with Crippen molar-refractivity contribution in [2.75, 3.05) is 0 Å². The Morgan fingerprint density at radius 3 is 2.43 bits per heavy atom. The standard InChI is InChI=1S/C6H9N/c1-2-7-5-3-4-6-7/h3-6H,2H2,1H3/i2D2. The van der Waals surface area contributed by atoms with Crippen LogP contribution in [0.3, 0.4) is 0 Å². The van der Waals surface area contributed by atoms with Crippen molar-refractivity contribution in [2.24, 2.45) is 0 Å². The first-order valence-corrected chi connectivity index (χ1v) is 2.24. The van der Waals surface area contributed by atoms with Crippen LogP contribution in [0.15, 0.2) is 24.5 Å². The Balaban J connectivity index is 2.90. The third kappa shape index (κ3) is 0.829. The largest absolute Gasteiger partial charge is 0.355 e. The van der Waals surface area contributed by atoms with Crippen LogP contribution in [0.5, 0.6) is 0 Å². The van der Waals surface area contributed by atoms with Crippen molar-refractivity contribution in [3.63, 3.8) is 0 Å². The van der Waals surface area contributed by atoms with E-state index in [2.05, 4.69) is 0 Å². The molecule has 0 amide bonds. The molecule has 1 aromatic rings. The Hall–Kier alpha value is -0.720. The fourth-order valence-corrected chi connectivity index (χ4v) is 0.484. The number of nitrogens with zero attached hydrogens (tertiary/aromatic N) is 1. The van der Waals surface area contributed by atoms with E-state index in [4.69, 9.17) is 2.74 Å². The highest BCUT2D eigenvalue weighted by molar-refractivity contribution is 4.89. The Labute approximate surface area is 46.4 Å². The van der Waals surface area contributed by atoms with Gasteiger partial charge in [-0.3, -0.25) is 0 Å². The summed E-state index contributed by atoms with van der Waals surface area (Å²) in [5.41, 5.74) is 0. The normalized spacial score (nSPS) is 15.6. The topological polar surface area (TPSA) is 4.93 Å². The van der Waals surface area contributed by atoms with E-state index in [-0.39, 0.29) is 0 Å². The molecule has 1 rings (SSSR count). The Morgan fingerprint density at radius 1 is 1.57 bits per heavy atom. The maximum absolute atomic E-state index is 7.22. The average molecular weight is 97.2 g/mol. The van der Waals surface area contributed by atoms with Gasteiger partial charge in [0.15, 0.2) is 0 Å². The zero-order valence-corrected chi connectivity index (χ0v) is 4.26. The second kappa shape index (κ2) is 1.82. The molecule has 0 aliphatic rings. The van der Waals surface area contributed by atoms with Gasteiger partial charge >= 0.3 is 0 Å². The highest BCUT2D eigenvalue weighted by Crippen LogP contribution is 1.86. The molecule has 38 valence electrons. The summed E-state index contributed by atoms with van der Waals surface area (Å²) in [7, 11) is 0. The van der Waals surface area contributed by atoms with Gasteiger partial charge < -0.3 is 4.57 Å². The van der Waals surface area contributed by atoms with E-state index in [0.717, 1.165) is 0 Å². The van der Waals surface area contributed by atoms with Gasteiger partial charge in [-0.15, -0.1) is 0 Å². The summed E-state index contributed by atoms with van der Waals surface area (Å²) in [6.45, 7) is 0.260. The summed E-state index contributed by atoms with van der Waals surface area (Å²) in [5, 5.41) is 0. The summed E-state index contributed by atoms with van der Waals surface area (Å²) in [6, 6.07) is 3.61. The molecule has 1 heteroatoms. The lowest BCUT2D eigenvalue weighted by Gasteiger charge is -1.89. The van der Waals surface area contributed by atoms with Crippen LogP contribution in [0, 0.1) is 0 Å². The molecule has 0 aliphatic heterocycles. The van der Waals surface area contributed by atoms with Gasteiger partial charge in [-0.1, -0.05) is 0 Å². The van der Waals surface area contributed by atoms with Gasteiger partial charge in [0.25, 0.3) is 0 Å². The van der Waals surface area contributed by atoms with Gasteiger partial charge in [-0.05, 0) is 19.1 Å². The van der Waals surface area contributed by atoms with E-state index in [1.165, 1.54) is 11.5 Å². The molecule has 1 heterocycles. The number of aromatic nitrogens is 1. The van der Waals surface area contributed by atoms with Crippen LogP contribution in [0.4, 0.5) is 0 Å². The van der Waals surface area contributed by atoms with Crippen molar-refractivity contribution in [2.45, 2.75) is 13.4 Å². The van der Waals surface area contributed by atoms with Crippen molar-refractivity contribution in [3.8, 4) is 0 Å². The molecule has 0 spiro atoms. The van der Waals surface area contributed by atoms with Gasteiger partial charge in [0.05, 0.1) is 0 Å². The molecule has 0 unspecified atom stereocenters. The zero-order valence-electron chi connectivity index (χ0n) is 6.26. The van der Waals surface area contributed by atoms with E-state index in [0.29, 0.717) is 0 Å². The maximum atomic E-state index is 7.22. The number of rotatable bonds is 1. The van der Waals surface area contributed by atoms with Gasteiger partial charge in [-0.2, -0.15) is 0 Å². The number of aryl methyl sites for hydroxylation is 1. The molecule has 0 aliphatic carbocycles. The van der Waals surface area contributed by atoms with Gasteiger partial charge in [0, 0.05) is 21.6 Å². The first-order chi connectivity index (χ1) is 4.11. The smallest absolute Gasteiger partial charge is 0.0494 e. The van der Waals surface area contributed by atoms with E-state index in [9.17, 15) is 0 Å². The van der Waals surface area contributed by atoms with Gasteiger partial charge in [0.1, 0.15) is 0 Å². The molecule has 0 N–H and O–H groups in total. The minimum absolute atomic E-state index is 1.26. The molecule has 0 saturated carbocycles. The van der Waals surface area contributed by atoms with Crippen molar-refractivity contribution < 1.29 is 2.74 Å². The predicted octanol–water partition coefficient (Wildman–Crippen LogP) is 1.51. The van der Waals surface area contributed by atoms with E-state index in [1.54, 1.807) is 24.5 Å². The summed E-state index contributed by atoms with van der Waals surface area (Å²) in [4.78, 5) is 0. The Bertz CT molecular complexity index is 173. The summed E-state index contributed by atoms with van der Waals surface area (Å²) < 4.78 is 16.0. The van der Waals surface area contributed by atoms with Crippen LogP contribution in [0.25, 0.3) is 0 Å². The van der Waals surface area contributed by atoms with Crippen molar-refractivity contribution >= 4 is 0 Å². The molecular formula is C6H9N. The lowest BCUT2D eigenvalue weighted by molar-refractivity contribution is 0.769. The monoisotopic (exact) mass is 97.1 g/mol. The molecule has 0 saturated heterocycles. The first kappa shape index (κ1) is 2.55. The third-order valence-electron chi connectivity index (χ3n) is 0.863. The van der Waals surface area contributed by atoms with Crippen molar-refractivity contribution in [3.05, 3.63) is 24.5 Å². The molecule has 7 heavy (non-hydrogen) atoms. The Morgan fingerprint density at radius 2 is 2.14 bits per heavy atom. The fourth-order valence-electron chi connectivity index (χ4n) is 0.484. The molecule has 0 fully saturated rings. The second-order valence-electron chi connectivity index (χ2n) is 1.31. The van der Waals surface area contributed by atoms with Crippen LogP contribution in [-0.2, 0) is 6.50 Å². The minimum Gasteiger partial charge on any atom is -0.355 e. The lowest BCUT2D eigenvalue weighted by atomic mass is 10.7. The summed E-state index contributed by atoms with van der Waals surface area (Å²) in [5.74, 6) is 0. The zero-order chi connectivity index (χ0) is 6.91. The predicted molar refractivity (Wildman–Crippen MR) is 30.1 cm³/mol. The quantitative estimate of drug-likeness (QED) is 0.500. The van der Waals surface area contributed by atoms with Gasteiger partial charge in [-0.25, -0.2) is 0 Å². The molecule has 1 aromatic heterocycles. The van der Waals surface area contributed by atoms with Crippen LogP contribution in [-0.4, -0.2) is 4.57 Å². The summed E-state index contributed by atoms with van der Waals surface area (Å²) in [6.07, 6.45) is 3.42. The van der Waals surface area contributed by atoms with Crippen molar-refractivity contribution in [1.82, 2.24) is 4.57 Å². The lowest BCUT2D eigenvalue weighted by Crippen LogP contribution is -1.85. The highest BCUT2D eigenvalue weighted by atomic mass is 14.9. The third-order valence-corrected chi connectivity index (χ3v) is 0.863. The van der Waals surface area contributed by atoms with E-state index >= 15 is 0 Å². The number of hydrogen-bond donors (Lipinski definition) is 0. The molecular weight excluding hydrogens is 86.1 g/mol. The second-order valence-corrected chi connectivity index (χ2v) is 1.31. The molecule has 0 bridgehead atoms. The average Bonchev–Trinajstić information content (AvgIpc) is 2.08. The Kier molecular flexibility index (Phi) is 0.666. The van der Waals surface area contributed by atoms with E-state index in [1.807, 2.05) is 0 Å². The minimum atomic E-state index is -1.26. The van der Waals surface area contributed by atoms with Gasteiger partial charge in [0.2, 0.25) is 0 Å². The van der Waals surface area contributed by atoms with Crippen LogP contribution in [0.1, 0.15) is 9.67 Å². The molecule has 0 radical (unpaired) electrons.